The van der Waals surface area contributed by atoms with Crippen LogP contribution in [0.15, 0.2) is 29.8 Å². The Kier molecular flexibility index (Phi) is 6.51. The van der Waals surface area contributed by atoms with Gasteiger partial charge in [-0.05, 0) is 24.1 Å². The monoisotopic (exact) mass is 364 g/mol. The van der Waals surface area contributed by atoms with Crippen LogP contribution in [0.2, 0.25) is 10.0 Å². The second-order valence-corrected chi connectivity index (χ2v) is 8.47. The van der Waals surface area contributed by atoms with E-state index >= 15 is 0 Å². The summed E-state index contributed by atoms with van der Waals surface area (Å²) in [4.78, 5) is 20.0. The van der Waals surface area contributed by atoms with Crippen molar-refractivity contribution in [2.24, 2.45) is 0 Å². The molecule has 4 nitrogen and oxygen atoms in total. The van der Waals surface area contributed by atoms with Crippen molar-refractivity contribution >= 4 is 30.9 Å². The highest BCUT2D eigenvalue weighted by atomic mass is 35.5. The molecule has 1 saturated heterocycles. The zero-order valence-corrected chi connectivity index (χ0v) is 14.8. The van der Waals surface area contributed by atoms with Crippen LogP contribution in [0, 0.1) is 0 Å². The van der Waals surface area contributed by atoms with Gasteiger partial charge >= 0.3 is 0 Å². The Labute approximate surface area is 141 Å². The number of benzene rings is 1. The van der Waals surface area contributed by atoms with Crippen LogP contribution in [0.4, 0.5) is 0 Å². The van der Waals surface area contributed by atoms with Crippen LogP contribution in [-0.4, -0.2) is 29.1 Å². The molecule has 0 amide bonds. The molecule has 3 N–H and O–H groups in total. The molecule has 1 aromatic rings. The van der Waals surface area contributed by atoms with Gasteiger partial charge in [0.1, 0.15) is 18.5 Å². The summed E-state index contributed by atoms with van der Waals surface area (Å²) in [6.45, 7) is 2.89. The van der Waals surface area contributed by atoms with Gasteiger partial charge in [-0.15, -0.1) is 0 Å². The molecule has 122 valence electrons. The predicted octanol–water partition coefficient (Wildman–Crippen LogP) is 4.13. The highest BCUT2D eigenvalue weighted by Gasteiger charge is 2.32. The molecule has 0 unspecified atom stereocenters. The Morgan fingerprint density at radius 2 is 2.14 bits per heavy atom. The first kappa shape index (κ1) is 18.0. The standard InChI is InChI=1S/C15H21Cl2NO3P/c1-2-3-6-22(19,20)10-12-8-18-15(9-21-12)11-4-5-13(16)14(17)7-11/h4-5,7,10,15,18-20H,2-3,6,8-9H2,1H3/q+1/t15-/m1/s1. The fourth-order valence-corrected chi connectivity index (χ4v) is 4.08. The summed E-state index contributed by atoms with van der Waals surface area (Å²) in [6, 6.07) is 5.49. The molecule has 1 atom stereocenters. The van der Waals surface area contributed by atoms with E-state index in [4.69, 9.17) is 27.9 Å². The van der Waals surface area contributed by atoms with Crippen LogP contribution in [-0.2, 0) is 4.74 Å². The minimum atomic E-state index is -3.00. The number of unbranched alkanes of at least 4 members (excludes halogenated alkanes) is 1. The Morgan fingerprint density at radius 3 is 2.73 bits per heavy atom. The van der Waals surface area contributed by atoms with Crippen molar-refractivity contribution in [3.63, 3.8) is 0 Å². The van der Waals surface area contributed by atoms with E-state index < -0.39 is 7.72 Å². The van der Waals surface area contributed by atoms with Gasteiger partial charge in [-0.2, -0.15) is 0 Å². The molecule has 0 aliphatic carbocycles. The van der Waals surface area contributed by atoms with Gasteiger partial charge in [0, 0.05) is 0 Å². The fraction of sp³-hybridized carbons (Fsp3) is 0.467. The molecule has 1 heterocycles. The first-order valence-corrected chi connectivity index (χ1v) is 9.98. The van der Waals surface area contributed by atoms with Gasteiger partial charge in [-0.1, -0.05) is 42.6 Å². The van der Waals surface area contributed by atoms with Crippen molar-refractivity contribution in [1.82, 2.24) is 5.32 Å². The van der Waals surface area contributed by atoms with Crippen LogP contribution in [0.25, 0.3) is 0 Å². The van der Waals surface area contributed by atoms with E-state index in [2.05, 4.69) is 5.32 Å². The van der Waals surface area contributed by atoms with E-state index in [1.807, 2.05) is 19.1 Å². The summed E-state index contributed by atoms with van der Waals surface area (Å²) in [6.07, 6.45) is 2.14. The van der Waals surface area contributed by atoms with Crippen LogP contribution < -0.4 is 5.32 Å². The summed E-state index contributed by atoms with van der Waals surface area (Å²) in [5.74, 6) is 2.08. The number of rotatable bonds is 5. The molecule has 1 fully saturated rings. The summed E-state index contributed by atoms with van der Waals surface area (Å²) in [5.41, 5.74) is 0.994. The average Bonchev–Trinajstić information content (AvgIpc) is 2.48. The normalized spacial score (nSPS) is 21.0. The molecule has 0 bridgehead atoms. The first-order chi connectivity index (χ1) is 10.4. The minimum Gasteiger partial charge on any atom is -0.491 e. The van der Waals surface area contributed by atoms with Gasteiger partial charge < -0.3 is 4.74 Å². The van der Waals surface area contributed by atoms with Crippen LogP contribution >= 0.6 is 30.9 Å². The Bertz CT molecular complexity index is 542. The lowest BCUT2D eigenvalue weighted by Gasteiger charge is -2.27. The zero-order valence-electron chi connectivity index (χ0n) is 12.4. The smallest absolute Gasteiger partial charge is 0.296 e. The molecule has 0 aromatic heterocycles. The average molecular weight is 365 g/mol. The second kappa shape index (κ2) is 7.96. The number of ether oxygens (including phenoxy) is 1. The quantitative estimate of drug-likeness (QED) is 0.687. The van der Waals surface area contributed by atoms with Crippen LogP contribution in [0.3, 0.4) is 0 Å². The van der Waals surface area contributed by atoms with Gasteiger partial charge in [0.2, 0.25) is 0 Å². The van der Waals surface area contributed by atoms with Gasteiger partial charge in [0.05, 0.1) is 22.6 Å². The van der Waals surface area contributed by atoms with E-state index in [1.54, 1.807) is 6.07 Å². The maximum atomic E-state index is 10.00. The molecule has 22 heavy (non-hydrogen) atoms. The second-order valence-electron chi connectivity index (χ2n) is 5.38. The fourth-order valence-electron chi connectivity index (χ4n) is 2.24. The van der Waals surface area contributed by atoms with Crippen LogP contribution in [0.5, 0.6) is 0 Å². The minimum absolute atomic E-state index is 0.00711. The zero-order chi connectivity index (χ0) is 16.2. The van der Waals surface area contributed by atoms with Crippen molar-refractivity contribution in [3.05, 3.63) is 45.4 Å². The first-order valence-electron chi connectivity index (χ1n) is 7.27. The summed E-state index contributed by atoms with van der Waals surface area (Å²) in [5, 5.41) is 4.35. The van der Waals surface area contributed by atoms with Crippen molar-refractivity contribution in [2.75, 3.05) is 19.3 Å². The Hall–Kier alpha value is -0.350. The molecule has 1 aliphatic heterocycles. The van der Waals surface area contributed by atoms with E-state index in [1.165, 1.54) is 5.82 Å². The number of halogens is 2. The number of hydrogen-bond donors (Lipinski definition) is 3. The van der Waals surface area contributed by atoms with E-state index in [9.17, 15) is 9.79 Å². The Balaban J connectivity index is 1.96. The lowest BCUT2D eigenvalue weighted by atomic mass is 10.1. The topological polar surface area (TPSA) is 61.7 Å². The lowest BCUT2D eigenvalue weighted by molar-refractivity contribution is 0.139. The third-order valence-electron chi connectivity index (χ3n) is 3.50. The van der Waals surface area contributed by atoms with Crippen molar-refractivity contribution in [1.29, 1.82) is 0 Å². The maximum Gasteiger partial charge on any atom is 0.296 e. The van der Waals surface area contributed by atoms with Crippen molar-refractivity contribution in [3.8, 4) is 0 Å². The van der Waals surface area contributed by atoms with E-state index in [0.717, 1.165) is 18.4 Å². The molecular formula is C15H21Cl2NO3P+. The van der Waals surface area contributed by atoms with Gasteiger partial charge in [-0.25, -0.2) is 9.79 Å². The maximum absolute atomic E-state index is 10.00. The molecule has 0 radical (unpaired) electrons. The van der Waals surface area contributed by atoms with Gasteiger partial charge in [0.25, 0.3) is 7.72 Å². The molecule has 1 aliphatic rings. The molecule has 1 aromatic carbocycles. The van der Waals surface area contributed by atoms with E-state index in [-0.39, 0.29) is 6.04 Å². The SMILES string of the molecule is CCCC[P+](O)(O)C=C1CN[C@@H](c2ccc(Cl)c(Cl)c2)CO1. The van der Waals surface area contributed by atoms with Gasteiger partial charge in [-0.3, -0.25) is 5.32 Å². The summed E-state index contributed by atoms with van der Waals surface area (Å²) < 4.78 is 5.66. The summed E-state index contributed by atoms with van der Waals surface area (Å²) >= 11 is 11.9. The molecule has 0 spiro atoms. The van der Waals surface area contributed by atoms with E-state index in [0.29, 0.717) is 35.1 Å². The lowest BCUT2D eigenvalue weighted by Crippen LogP contribution is -2.33. The van der Waals surface area contributed by atoms with Crippen molar-refractivity contribution < 1.29 is 14.5 Å². The number of hydrogen-bond acceptors (Lipinski definition) is 4. The Morgan fingerprint density at radius 1 is 1.36 bits per heavy atom. The molecule has 7 heteroatoms. The number of morpholine rings is 1. The largest absolute Gasteiger partial charge is 0.491 e. The van der Waals surface area contributed by atoms with Crippen LogP contribution in [0.1, 0.15) is 31.4 Å². The third-order valence-corrected chi connectivity index (χ3v) is 5.91. The number of nitrogens with one attached hydrogen (secondary N) is 1. The molecular weight excluding hydrogens is 344 g/mol. The third kappa shape index (κ3) is 5.09. The van der Waals surface area contributed by atoms with Crippen molar-refractivity contribution in [2.45, 2.75) is 25.8 Å². The predicted molar refractivity (Wildman–Crippen MR) is 92.4 cm³/mol. The molecule has 0 saturated carbocycles. The molecule has 2 rings (SSSR count). The highest BCUT2D eigenvalue weighted by Crippen LogP contribution is 2.53. The van der Waals surface area contributed by atoms with Gasteiger partial charge in [0.15, 0.2) is 5.82 Å². The highest BCUT2D eigenvalue weighted by molar-refractivity contribution is 7.67. The summed E-state index contributed by atoms with van der Waals surface area (Å²) in [7, 11) is -3.00.